The molecule has 0 amide bonds. The molecule has 4 nitrogen and oxygen atoms in total. The van der Waals surface area contributed by atoms with Gasteiger partial charge in [-0.25, -0.2) is 4.68 Å². The Labute approximate surface area is 97.8 Å². The van der Waals surface area contributed by atoms with Crippen LogP contribution in [0.5, 0.6) is 0 Å². The molecule has 4 heteroatoms. The molecule has 17 heavy (non-hydrogen) atoms. The van der Waals surface area contributed by atoms with Crippen LogP contribution in [0, 0.1) is 11.3 Å². The topological polar surface area (TPSA) is 54.5 Å². The van der Waals surface area contributed by atoms with Gasteiger partial charge in [-0.15, -0.1) is 0 Å². The molecule has 2 aromatic heterocycles. The van der Waals surface area contributed by atoms with Crippen molar-refractivity contribution in [3.05, 3.63) is 54.5 Å². The molecule has 3 aromatic rings. The second-order valence-electron chi connectivity index (χ2n) is 3.63. The molecule has 0 unspecified atom stereocenters. The highest BCUT2D eigenvalue weighted by molar-refractivity contribution is 5.86. The van der Waals surface area contributed by atoms with Gasteiger partial charge in [0.1, 0.15) is 0 Å². The monoisotopic (exact) mass is 220 g/mol. The fourth-order valence-corrected chi connectivity index (χ4v) is 1.81. The van der Waals surface area contributed by atoms with Crippen molar-refractivity contribution in [3.8, 4) is 11.8 Å². The number of hydrogen-bond acceptors (Lipinski definition) is 3. The minimum atomic E-state index is 0.612. The molecule has 0 fully saturated rings. The van der Waals surface area contributed by atoms with Gasteiger partial charge in [0.15, 0.2) is 0 Å². The molecular weight excluding hydrogens is 212 g/mol. The van der Waals surface area contributed by atoms with E-state index in [-0.39, 0.29) is 0 Å². The number of nitriles is 1. The third kappa shape index (κ3) is 1.54. The van der Waals surface area contributed by atoms with Gasteiger partial charge in [0.05, 0.1) is 22.8 Å². The Morgan fingerprint density at radius 3 is 2.88 bits per heavy atom. The fraction of sp³-hybridized carbons (Fsp3) is 0. The first-order chi connectivity index (χ1) is 8.38. The second-order valence-corrected chi connectivity index (χ2v) is 3.63. The van der Waals surface area contributed by atoms with Gasteiger partial charge < -0.3 is 0 Å². The van der Waals surface area contributed by atoms with Gasteiger partial charge in [-0.1, -0.05) is 0 Å². The predicted molar refractivity (Wildman–Crippen MR) is 63.6 cm³/mol. The maximum atomic E-state index is 9.15. The molecular formula is C13H8N4. The molecule has 0 saturated carbocycles. The molecule has 3 rings (SSSR count). The molecule has 1 aromatic carbocycles. The lowest BCUT2D eigenvalue weighted by Gasteiger charge is -2.05. The number of nitrogens with zero attached hydrogens (tertiary/aromatic N) is 4. The van der Waals surface area contributed by atoms with E-state index in [4.69, 9.17) is 5.26 Å². The first kappa shape index (κ1) is 9.55. The molecule has 80 valence electrons. The Bertz CT molecular complexity index is 708. The highest BCUT2D eigenvalue weighted by atomic mass is 15.3. The first-order valence-electron chi connectivity index (χ1n) is 5.17. The smallest absolute Gasteiger partial charge is 0.0999 e. The van der Waals surface area contributed by atoms with Crippen LogP contribution in [0.25, 0.3) is 16.6 Å². The summed E-state index contributed by atoms with van der Waals surface area (Å²) >= 11 is 0. The number of hydrogen-bond donors (Lipinski definition) is 0. The molecule has 0 spiro atoms. The Morgan fingerprint density at radius 2 is 2.12 bits per heavy atom. The fourth-order valence-electron chi connectivity index (χ4n) is 1.81. The SMILES string of the molecule is N#Cc1cc(-n2cccn2)cc2ncccc12. The van der Waals surface area contributed by atoms with Gasteiger partial charge >= 0.3 is 0 Å². The largest absolute Gasteiger partial charge is 0.256 e. The lowest BCUT2D eigenvalue weighted by atomic mass is 10.1. The molecule has 0 aliphatic carbocycles. The Hall–Kier alpha value is -2.67. The van der Waals surface area contributed by atoms with Crippen LogP contribution in [-0.4, -0.2) is 14.8 Å². The quantitative estimate of drug-likeness (QED) is 0.632. The first-order valence-corrected chi connectivity index (χ1v) is 5.17. The minimum absolute atomic E-state index is 0.612. The zero-order chi connectivity index (χ0) is 11.7. The summed E-state index contributed by atoms with van der Waals surface area (Å²) in [6.07, 6.45) is 5.26. The summed E-state index contributed by atoms with van der Waals surface area (Å²) in [5.41, 5.74) is 2.26. The normalized spacial score (nSPS) is 10.3. The molecule has 0 radical (unpaired) electrons. The van der Waals surface area contributed by atoms with Crippen LogP contribution in [0.1, 0.15) is 5.56 Å². The molecule has 0 saturated heterocycles. The third-order valence-corrected chi connectivity index (χ3v) is 2.59. The van der Waals surface area contributed by atoms with Crippen molar-refractivity contribution >= 4 is 10.9 Å². The third-order valence-electron chi connectivity index (χ3n) is 2.59. The number of pyridine rings is 1. The minimum Gasteiger partial charge on any atom is -0.256 e. The predicted octanol–water partition coefficient (Wildman–Crippen LogP) is 2.29. The van der Waals surface area contributed by atoms with Gasteiger partial charge in [0.2, 0.25) is 0 Å². The zero-order valence-corrected chi connectivity index (χ0v) is 8.91. The van der Waals surface area contributed by atoms with Gasteiger partial charge in [0, 0.05) is 24.0 Å². The van der Waals surface area contributed by atoms with E-state index >= 15 is 0 Å². The Morgan fingerprint density at radius 1 is 1.18 bits per heavy atom. The van der Waals surface area contributed by atoms with Crippen LogP contribution in [0.2, 0.25) is 0 Å². The Balaban J connectivity index is 2.33. The van der Waals surface area contributed by atoms with Crippen LogP contribution in [0.4, 0.5) is 0 Å². The van der Waals surface area contributed by atoms with Gasteiger partial charge in [-0.3, -0.25) is 4.98 Å². The van der Waals surface area contributed by atoms with E-state index < -0.39 is 0 Å². The maximum Gasteiger partial charge on any atom is 0.0999 e. The number of rotatable bonds is 1. The van der Waals surface area contributed by atoms with Crippen molar-refractivity contribution in [3.63, 3.8) is 0 Å². The van der Waals surface area contributed by atoms with Crippen LogP contribution >= 0.6 is 0 Å². The molecule has 0 bridgehead atoms. The van der Waals surface area contributed by atoms with Crippen LogP contribution in [-0.2, 0) is 0 Å². The van der Waals surface area contributed by atoms with E-state index in [1.54, 1.807) is 17.1 Å². The lowest BCUT2D eigenvalue weighted by Crippen LogP contribution is -1.96. The van der Waals surface area contributed by atoms with Crippen molar-refractivity contribution in [2.24, 2.45) is 0 Å². The van der Waals surface area contributed by atoms with Gasteiger partial charge in [0.25, 0.3) is 0 Å². The van der Waals surface area contributed by atoms with Crippen molar-refractivity contribution in [2.45, 2.75) is 0 Å². The summed E-state index contributed by atoms with van der Waals surface area (Å²) in [6.45, 7) is 0. The summed E-state index contributed by atoms with van der Waals surface area (Å²) in [5.74, 6) is 0. The summed E-state index contributed by atoms with van der Waals surface area (Å²) < 4.78 is 1.72. The summed E-state index contributed by atoms with van der Waals surface area (Å²) in [6, 6.07) is 11.5. The van der Waals surface area contributed by atoms with Crippen molar-refractivity contribution in [1.82, 2.24) is 14.8 Å². The van der Waals surface area contributed by atoms with Crippen LogP contribution in [0.3, 0.4) is 0 Å². The van der Waals surface area contributed by atoms with Crippen molar-refractivity contribution < 1.29 is 0 Å². The molecule has 0 aliphatic heterocycles. The van der Waals surface area contributed by atoms with E-state index in [0.29, 0.717) is 5.56 Å². The van der Waals surface area contributed by atoms with Gasteiger partial charge in [-0.2, -0.15) is 10.4 Å². The van der Waals surface area contributed by atoms with Gasteiger partial charge in [-0.05, 0) is 30.3 Å². The van der Waals surface area contributed by atoms with E-state index in [1.165, 1.54) is 0 Å². The highest BCUT2D eigenvalue weighted by Crippen LogP contribution is 2.20. The molecule has 0 N–H and O–H groups in total. The highest BCUT2D eigenvalue weighted by Gasteiger charge is 2.05. The van der Waals surface area contributed by atoms with E-state index in [9.17, 15) is 0 Å². The zero-order valence-electron chi connectivity index (χ0n) is 8.91. The van der Waals surface area contributed by atoms with E-state index in [2.05, 4.69) is 16.2 Å². The average Bonchev–Trinajstić information content (AvgIpc) is 2.91. The number of aromatic nitrogens is 3. The van der Waals surface area contributed by atoms with E-state index in [1.807, 2.05) is 36.5 Å². The molecule has 0 aliphatic rings. The average molecular weight is 220 g/mol. The van der Waals surface area contributed by atoms with Crippen LogP contribution in [0.15, 0.2) is 48.9 Å². The number of benzene rings is 1. The van der Waals surface area contributed by atoms with Crippen LogP contribution < -0.4 is 0 Å². The van der Waals surface area contributed by atoms with Crippen molar-refractivity contribution in [1.29, 1.82) is 5.26 Å². The molecule has 0 atom stereocenters. The molecule has 2 heterocycles. The summed E-state index contributed by atoms with van der Waals surface area (Å²) in [5, 5.41) is 14.2. The number of fused-ring (bicyclic) bond motifs is 1. The summed E-state index contributed by atoms with van der Waals surface area (Å²) in [7, 11) is 0. The second kappa shape index (κ2) is 3.72. The Kier molecular flexibility index (Phi) is 2.09. The maximum absolute atomic E-state index is 9.15. The van der Waals surface area contributed by atoms with E-state index in [0.717, 1.165) is 16.6 Å². The lowest BCUT2D eigenvalue weighted by molar-refractivity contribution is 0.881. The van der Waals surface area contributed by atoms with Crippen molar-refractivity contribution in [2.75, 3.05) is 0 Å². The summed E-state index contributed by atoms with van der Waals surface area (Å²) in [4.78, 5) is 4.27. The standard InChI is InChI=1S/C13H8N4/c14-9-10-7-11(17-6-2-5-16-17)8-13-12(10)3-1-4-15-13/h1-8H.